The van der Waals surface area contributed by atoms with Gasteiger partial charge in [-0.25, -0.2) is 4.39 Å². The van der Waals surface area contributed by atoms with Crippen LogP contribution in [0.2, 0.25) is 0 Å². The van der Waals surface area contributed by atoms with Crippen molar-refractivity contribution in [2.75, 3.05) is 20.8 Å². The van der Waals surface area contributed by atoms with Gasteiger partial charge < -0.3 is 14.6 Å². The molecule has 0 aromatic heterocycles. The van der Waals surface area contributed by atoms with Gasteiger partial charge in [-0.1, -0.05) is 18.2 Å². The topological polar surface area (TPSA) is 38.7 Å². The predicted octanol–water partition coefficient (Wildman–Crippen LogP) is 3.16. The molecule has 0 aliphatic carbocycles. The minimum atomic E-state index is -0.298. The number of benzene rings is 2. The van der Waals surface area contributed by atoms with Crippen LogP contribution in [0.4, 0.5) is 4.39 Å². The van der Waals surface area contributed by atoms with Gasteiger partial charge in [0.1, 0.15) is 17.3 Å². The van der Waals surface area contributed by atoms with E-state index in [1.165, 1.54) is 12.1 Å². The smallest absolute Gasteiger partial charge is 0.125 e. The largest absolute Gasteiger partial charge is 0.497 e. The Balaban J connectivity index is 2.26. The highest BCUT2D eigenvalue weighted by Crippen LogP contribution is 2.29. The van der Waals surface area contributed by atoms with Crippen LogP contribution in [-0.4, -0.2) is 25.9 Å². The first-order valence-electron chi connectivity index (χ1n) is 6.75. The Kier molecular flexibility index (Phi) is 5.17. The second-order valence-electron chi connectivity index (χ2n) is 4.82. The zero-order chi connectivity index (χ0) is 15.2. The third kappa shape index (κ3) is 3.73. The molecule has 2 rings (SSSR count). The van der Waals surface area contributed by atoms with Crippen molar-refractivity contribution in [1.82, 2.24) is 0 Å². The Morgan fingerprint density at radius 2 is 1.90 bits per heavy atom. The van der Waals surface area contributed by atoms with Gasteiger partial charge in [0.25, 0.3) is 0 Å². The first-order chi connectivity index (χ1) is 10.2. The average molecular weight is 290 g/mol. The van der Waals surface area contributed by atoms with E-state index in [1.807, 2.05) is 18.2 Å². The summed E-state index contributed by atoms with van der Waals surface area (Å²) < 4.78 is 23.8. The van der Waals surface area contributed by atoms with Crippen molar-refractivity contribution in [2.45, 2.75) is 12.3 Å². The van der Waals surface area contributed by atoms with Crippen molar-refractivity contribution in [2.24, 2.45) is 0 Å². The molecule has 21 heavy (non-hydrogen) atoms. The molecule has 0 bridgehead atoms. The summed E-state index contributed by atoms with van der Waals surface area (Å²) in [6.45, 7) is -0.0569. The summed E-state index contributed by atoms with van der Waals surface area (Å²) in [6.07, 6.45) is 0.563. The van der Waals surface area contributed by atoms with Crippen molar-refractivity contribution >= 4 is 0 Å². The summed E-state index contributed by atoms with van der Waals surface area (Å²) in [6, 6.07) is 11.9. The standard InChI is InChI=1S/C17H19FO3/c1-20-16-7-6-13(17(10-16)21-2)8-14(11-19)12-4-3-5-15(18)9-12/h3-7,9-10,14,19H,8,11H2,1-2H3. The molecule has 0 spiro atoms. The maximum absolute atomic E-state index is 13.3. The van der Waals surface area contributed by atoms with Crippen molar-refractivity contribution in [3.63, 3.8) is 0 Å². The van der Waals surface area contributed by atoms with Crippen LogP contribution in [0, 0.1) is 5.82 Å². The summed E-state index contributed by atoms with van der Waals surface area (Å²) >= 11 is 0. The van der Waals surface area contributed by atoms with E-state index in [9.17, 15) is 9.50 Å². The first-order valence-corrected chi connectivity index (χ1v) is 6.75. The second-order valence-corrected chi connectivity index (χ2v) is 4.82. The molecule has 0 heterocycles. The van der Waals surface area contributed by atoms with Gasteiger partial charge in [-0.15, -0.1) is 0 Å². The number of hydrogen-bond donors (Lipinski definition) is 1. The van der Waals surface area contributed by atoms with Crippen molar-refractivity contribution in [1.29, 1.82) is 0 Å². The molecule has 1 atom stereocenters. The number of halogens is 1. The normalized spacial score (nSPS) is 12.0. The van der Waals surface area contributed by atoms with Crippen LogP contribution in [-0.2, 0) is 6.42 Å². The molecule has 0 saturated carbocycles. The van der Waals surface area contributed by atoms with Gasteiger partial charge in [-0.2, -0.15) is 0 Å². The quantitative estimate of drug-likeness (QED) is 0.888. The highest BCUT2D eigenvalue weighted by Gasteiger charge is 2.15. The summed E-state index contributed by atoms with van der Waals surface area (Å²) in [7, 11) is 3.19. The van der Waals surface area contributed by atoms with Gasteiger partial charge in [-0.05, 0) is 35.7 Å². The zero-order valence-corrected chi connectivity index (χ0v) is 12.2. The minimum Gasteiger partial charge on any atom is -0.497 e. The fraction of sp³-hybridized carbons (Fsp3) is 0.294. The molecule has 3 nitrogen and oxygen atoms in total. The molecular formula is C17H19FO3. The van der Waals surface area contributed by atoms with Gasteiger partial charge in [0.2, 0.25) is 0 Å². The fourth-order valence-corrected chi connectivity index (χ4v) is 2.33. The number of ether oxygens (including phenoxy) is 2. The van der Waals surface area contributed by atoms with Crippen molar-refractivity contribution < 1.29 is 19.0 Å². The molecule has 1 N–H and O–H groups in total. The molecule has 2 aromatic rings. The molecule has 1 unspecified atom stereocenters. The zero-order valence-electron chi connectivity index (χ0n) is 12.2. The third-order valence-electron chi connectivity index (χ3n) is 3.50. The lowest BCUT2D eigenvalue weighted by Gasteiger charge is -2.17. The highest BCUT2D eigenvalue weighted by molar-refractivity contribution is 5.42. The summed E-state index contributed by atoms with van der Waals surface area (Å²) in [5.41, 5.74) is 1.72. The van der Waals surface area contributed by atoms with Gasteiger partial charge >= 0.3 is 0 Å². The molecule has 4 heteroatoms. The summed E-state index contributed by atoms with van der Waals surface area (Å²) in [5.74, 6) is 0.932. The Morgan fingerprint density at radius 3 is 2.52 bits per heavy atom. The Hall–Kier alpha value is -2.07. The second kappa shape index (κ2) is 7.09. The monoisotopic (exact) mass is 290 g/mol. The molecule has 112 valence electrons. The van der Waals surface area contributed by atoms with E-state index in [-0.39, 0.29) is 18.3 Å². The minimum absolute atomic E-state index is 0.0569. The van der Waals surface area contributed by atoms with Crippen LogP contribution >= 0.6 is 0 Å². The van der Waals surface area contributed by atoms with Gasteiger partial charge in [-0.3, -0.25) is 0 Å². The molecule has 0 aliphatic heterocycles. The van der Waals surface area contributed by atoms with E-state index in [2.05, 4.69) is 0 Å². The lowest BCUT2D eigenvalue weighted by molar-refractivity contribution is 0.263. The molecular weight excluding hydrogens is 271 g/mol. The lowest BCUT2D eigenvalue weighted by Crippen LogP contribution is -2.09. The van der Waals surface area contributed by atoms with Crippen molar-refractivity contribution in [3.8, 4) is 11.5 Å². The number of aliphatic hydroxyl groups excluding tert-OH is 1. The molecule has 0 fully saturated rings. The van der Waals surface area contributed by atoms with Crippen LogP contribution < -0.4 is 9.47 Å². The highest BCUT2D eigenvalue weighted by atomic mass is 19.1. The fourth-order valence-electron chi connectivity index (χ4n) is 2.33. The predicted molar refractivity (Wildman–Crippen MR) is 79.5 cm³/mol. The Labute approximate surface area is 124 Å². The van der Waals surface area contributed by atoms with Crippen LogP contribution in [0.15, 0.2) is 42.5 Å². The molecule has 0 amide bonds. The summed E-state index contributed by atoms with van der Waals surface area (Å²) in [5, 5.41) is 9.61. The SMILES string of the molecule is COc1ccc(CC(CO)c2cccc(F)c2)c(OC)c1. The van der Waals surface area contributed by atoms with E-state index >= 15 is 0 Å². The maximum Gasteiger partial charge on any atom is 0.125 e. The average Bonchev–Trinajstić information content (AvgIpc) is 2.52. The van der Waals surface area contributed by atoms with Gasteiger partial charge in [0.15, 0.2) is 0 Å². The molecule has 0 radical (unpaired) electrons. The van der Waals surface area contributed by atoms with Crippen molar-refractivity contribution in [3.05, 3.63) is 59.4 Å². The van der Waals surface area contributed by atoms with E-state index in [0.717, 1.165) is 11.1 Å². The van der Waals surface area contributed by atoms with E-state index in [4.69, 9.17) is 9.47 Å². The Morgan fingerprint density at radius 1 is 1.10 bits per heavy atom. The number of methoxy groups -OCH3 is 2. The first kappa shape index (κ1) is 15.3. The van der Waals surface area contributed by atoms with Crippen LogP contribution in [0.25, 0.3) is 0 Å². The molecule has 2 aromatic carbocycles. The van der Waals surface area contributed by atoms with Gasteiger partial charge in [0.05, 0.1) is 20.8 Å². The number of rotatable bonds is 6. The van der Waals surface area contributed by atoms with Crippen LogP contribution in [0.3, 0.4) is 0 Å². The summed E-state index contributed by atoms with van der Waals surface area (Å²) in [4.78, 5) is 0. The number of hydrogen-bond acceptors (Lipinski definition) is 3. The molecule has 0 aliphatic rings. The van der Waals surface area contributed by atoms with Crippen LogP contribution in [0.1, 0.15) is 17.0 Å². The van der Waals surface area contributed by atoms with Gasteiger partial charge in [0, 0.05) is 12.0 Å². The van der Waals surface area contributed by atoms with E-state index in [0.29, 0.717) is 17.9 Å². The molecule has 0 saturated heterocycles. The Bertz CT molecular complexity index is 598. The third-order valence-corrected chi connectivity index (χ3v) is 3.50. The lowest BCUT2D eigenvalue weighted by atomic mass is 9.92. The van der Waals surface area contributed by atoms with Crippen LogP contribution in [0.5, 0.6) is 11.5 Å². The van der Waals surface area contributed by atoms with E-state index in [1.54, 1.807) is 26.4 Å². The van der Waals surface area contributed by atoms with E-state index < -0.39 is 0 Å². The maximum atomic E-state index is 13.3. The number of aliphatic hydroxyl groups is 1.